The number of aliphatic hydroxyl groups excluding tert-OH is 9. The second-order valence-electron chi connectivity index (χ2n) is 29.2. The fourth-order valence-electron chi connectivity index (χ4n) is 16.9. The summed E-state index contributed by atoms with van der Waals surface area (Å²) in [7, 11) is -14.8. The third-order valence-corrected chi connectivity index (χ3v) is 23.6. The Kier molecular flexibility index (Phi) is 23.7. The Bertz CT molecular complexity index is 3170. The van der Waals surface area contributed by atoms with Crippen molar-refractivity contribution in [1.29, 1.82) is 0 Å². The number of fused-ring (bicyclic) bond motifs is 5. The van der Waals surface area contributed by atoms with Gasteiger partial charge in [-0.15, -0.1) is 0 Å². The second kappa shape index (κ2) is 29.1. The molecule has 9 rings (SSSR count). The fourth-order valence-corrected chi connectivity index (χ4v) is 18.0. The highest BCUT2D eigenvalue weighted by Gasteiger charge is 2.68. The molecule has 5 aliphatic heterocycles. The molecule has 35 nitrogen and oxygen atoms in total. The van der Waals surface area contributed by atoms with Crippen LogP contribution in [0.1, 0.15) is 107 Å². The first-order valence-corrected chi connectivity index (χ1v) is 36.2. The SMILES string of the molecule is CO[C@@H]1[C@@H](O)[C@@H](O[C@@H]2[C@@H](O)[C@H](O[C@H]3[C@H](O)[C@@H](O[C@@H]4OC[C@@H](O)[C@H](O)[C@H]4O)[C@H](O[C@H]4[C@H](O[C@H]5CC[C@]6(C)[C@@H]7CC[C@]8(C)[C@@H]([C@@](C)(O)C(=O)/C=C/C(C)(C)O)CC[C@@]8(C)C7=CC[C@H]6C5(C)C)OC[C@@H](OS(=O)(=O)O)[C@@H]4O)O[C@@H]3C)O[C@H](COS(=O)(=O)O)[C@H]2O)O[C@H](COS(=O)(=O)O)[C@H]1O. The second-order valence-corrected chi connectivity index (χ2v) is 32.4. The van der Waals surface area contributed by atoms with E-state index in [0.717, 1.165) is 13.5 Å². The molecule has 0 aromatic carbocycles. The van der Waals surface area contributed by atoms with Crippen LogP contribution in [0.25, 0.3) is 0 Å². The Morgan fingerprint density at radius 3 is 1.72 bits per heavy atom. The van der Waals surface area contributed by atoms with Crippen molar-refractivity contribution in [3.8, 4) is 0 Å². The molecule has 5 heterocycles. The number of methoxy groups -OCH3 is 1. The first-order valence-electron chi connectivity index (χ1n) is 32.1. The lowest BCUT2D eigenvalue weighted by atomic mass is 9.40. The molecule has 4 aliphatic carbocycles. The van der Waals surface area contributed by atoms with Crippen LogP contribution in [0.15, 0.2) is 23.8 Å². The summed E-state index contributed by atoms with van der Waals surface area (Å²) in [6.07, 6.45) is -37.3. The lowest BCUT2D eigenvalue weighted by molar-refractivity contribution is -0.403. The molecular formula is C59H96O35S3. The van der Waals surface area contributed by atoms with Crippen LogP contribution in [0.2, 0.25) is 0 Å². The minimum absolute atomic E-state index is 0.0673. The molecule has 560 valence electrons. The number of allylic oxidation sites excluding steroid dienone is 2. The van der Waals surface area contributed by atoms with E-state index in [2.05, 4.69) is 35.2 Å². The van der Waals surface area contributed by atoms with Crippen LogP contribution in [0, 0.1) is 39.4 Å². The van der Waals surface area contributed by atoms with E-state index in [9.17, 15) is 99.9 Å². The smallest absolute Gasteiger partial charge is 0.388 e. The maximum absolute atomic E-state index is 13.7. The van der Waals surface area contributed by atoms with Crippen molar-refractivity contribution in [1.82, 2.24) is 0 Å². The molecule has 0 spiro atoms. The third-order valence-electron chi connectivity index (χ3n) is 22.2. The first kappa shape index (κ1) is 79.0. The lowest BCUT2D eigenvalue weighted by Crippen LogP contribution is -2.68. The first-order chi connectivity index (χ1) is 44.7. The van der Waals surface area contributed by atoms with Crippen molar-refractivity contribution in [2.24, 2.45) is 39.4 Å². The Labute approximate surface area is 561 Å². The Morgan fingerprint density at radius 1 is 0.598 bits per heavy atom. The van der Waals surface area contributed by atoms with Crippen LogP contribution in [-0.2, 0) is 101 Å². The number of hydrogen-bond acceptors (Lipinski definition) is 32. The van der Waals surface area contributed by atoms with Gasteiger partial charge in [0.15, 0.2) is 37.2 Å². The maximum atomic E-state index is 13.7. The Balaban J connectivity index is 0.988. The zero-order valence-electron chi connectivity index (χ0n) is 55.2. The summed E-state index contributed by atoms with van der Waals surface area (Å²) in [6, 6.07) is 0. The highest BCUT2D eigenvalue weighted by molar-refractivity contribution is 7.81. The molecule has 0 aromatic heterocycles. The fraction of sp³-hybridized carbons (Fsp3) is 0.915. The number of hydrogen-bond donors (Lipinski definition) is 14. The molecule has 0 amide bonds. The largest absolute Gasteiger partial charge is 0.397 e. The van der Waals surface area contributed by atoms with Crippen molar-refractivity contribution in [3.05, 3.63) is 23.8 Å². The molecule has 0 aromatic rings. The monoisotopic (exact) mass is 1460 g/mol. The summed E-state index contributed by atoms with van der Waals surface area (Å²) in [5, 5.41) is 125. The van der Waals surface area contributed by atoms with Gasteiger partial charge in [0.25, 0.3) is 0 Å². The molecule has 9 aliphatic rings. The molecule has 3 saturated carbocycles. The molecule has 0 unspecified atom stereocenters. The highest BCUT2D eigenvalue weighted by Crippen LogP contribution is 2.74. The van der Waals surface area contributed by atoms with E-state index in [1.807, 2.05) is 13.8 Å². The zero-order chi connectivity index (χ0) is 72.0. The van der Waals surface area contributed by atoms with Gasteiger partial charge in [0, 0.05) is 13.0 Å². The molecular weight excluding hydrogens is 1360 g/mol. The van der Waals surface area contributed by atoms with Gasteiger partial charge in [-0.1, -0.05) is 52.3 Å². The minimum atomic E-state index is -5.34. The van der Waals surface area contributed by atoms with Gasteiger partial charge in [-0.3, -0.25) is 18.5 Å². The Morgan fingerprint density at radius 2 is 1.14 bits per heavy atom. The van der Waals surface area contributed by atoms with Crippen LogP contribution in [0.3, 0.4) is 0 Å². The summed E-state index contributed by atoms with van der Waals surface area (Å²) in [6.45, 7) is 12.8. The van der Waals surface area contributed by atoms with E-state index in [0.29, 0.717) is 38.5 Å². The van der Waals surface area contributed by atoms with E-state index in [-0.39, 0.29) is 17.3 Å². The van der Waals surface area contributed by atoms with E-state index in [1.165, 1.54) is 38.5 Å². The maximum Gasteiger partial charge on any atom is 0.397 e. The molecule has 5 saturated heterocycles. The van der Waals surface area contributed by atoms with E-state index in [4.69, 9.17) is 56.3 Å². The van der Waals surface area contributed by atoms with Gasteiger partial charge in [0.05, 0.1) is 44.2 Å². The van der Waals surface area contributed by atoms with Crippen molar-refractivity contribution < 1.29 is 165 Å². The highest BCUT2D eigenvalue weighted by atomic mass is 32.3. The quantitative estimate of drug-likeness (QED) is 0.0278. The Hall–Kier alpha value is -2.12. The lowest BCUT2D eigenvalue weighted by Gasteiger charge is -2.65. The van der Waals surface area contributed by atoms with Crippen LogP contribution >= 0.6 is 0 Å². The van der Waals surface area contributed by atoms with E-state index in [1.54, 1.807) is 6.92 Å². The number of aliphatic hydroxyl groups is 11. The van der Waals surface area contributed by atoms with Gasteiger partial charge in [-0.2, -0.15) is 25.3 Å². The van der Waals surface area contributed by atoms with Crippen molar-refractivity contribution in [2.75, 3.05) is 33.5 Å². The number of carbonyl (C=O) groups excluding carboxylic acids is 1. The van der Waals surface area contributed by atoms with Gasteiger partial charge < -0.3 is 108 Å². The minimum Gasteiger partial charge on any atom is -0.388 e. The molecule has 14 N–H and O–H groups in total. The summed E-state index contributed by atoms with van der Waals surface area (Å²) in [5.74, 6) is -0.903. The number of ketones is 1. The van der Waals surface area contributed by atoms with Gasteiger partial charge in [-0.05, 0) is 112 Å². The molecule has 38 heteroatoms. The van der Waals surface area contributed by atoms with Crippen molar-refractivity contribution in [2.45, 2.75) is 266 Å². The van der Waals surface area contributed by atoms with Crippen molar-refractivity contribution in [3.63, 3.8) is 0 Å². The molecule has 8 fully saturated rings. The average Bonchev–Trinajstić information content (AvgIpc) is 1.64. The predicted molar refractivity (Wildman–Crippen MR) is 322 cm³/mol. The summed E-state index contributed by atoms with van der Waals surface area (Å²) < 4.78 is 179. The summed E-state index contributed by atoms with van der Waals surface area (Å²) >= 11 is 0. The van der Waals surface area contributed by atoms with Crippen LogP contribution in [-0.4, -0.2) is 293 Å². The number of rotatable bonds is 23. The van der Waals surface area contributed by atoms with Gasteiger partial charge >= 0.3 is 31.2 Å². The van der Waals surface area contributed by atoms with Crippen LogP contribution in [0.5, 0.6) is 0 Å². The third kappa shape index (κ3) is 16.2. The molecule has 97 heavy (non-hydrogen) atoms. The number of carbonyl (C=O) groups is 1. The van der Waals surface area contributed by atoms with E-state index >= 15 is 0 Å². The summed E-state index contributed by atoms with van der Waals surface area (Å²) in [4.78, 5) is 13.7. The van der Waals surface area contributed by atoms with Crippen LogP contribution in [0.4, 0.5) is 0 Å². The summed E-state index contributed by atoms with van der Waals surface area (Å²) in [5.41, 5.74) is -3.70. The van der Waals surface area contributed by atoms with Gasteiger partial charge in [0.2, 0.25) is 0 Å². The van der Waals surface area contributed by atoms with Crippen LogP contribution < -0.4 is 0 Å². The van der Waals surface area contributed by atoms with E-state index < -0.39 is 244 Å². The van der Waals surface area contributed by atoms with Crippen molar-refractivity contribution >= 4 is 37.0 Å². The molecule has 31 atom stereocenters. The predicted octanol–water partition coefficient (Wildman–Crippen LogP) is -2.84. The normalized spacial score (nSPS) is 46.7. The number of ether oxygens (including phenoxy) is 11. The zero-order valence-corrected chi connectivity index (χ0v) is 57.6. The topological polar surface area (TPSA) is 532 Å². The molecule has 0 bridgehead atoms. The molecule has 0 radical (unpaired) electrons. The van der Waals surface area contributed by atoms with Gasteiger partial charge in [0.1, 0.15) is 109 Å². The average molecular weight is 1460 g/mol. The van der Waals surface area contributed by atoms with Gasteiger partial charge in [-0.25, -0.2) is 12.5 Å². The standard InChI is InChI=1S/C59H96O35S3/c1-25-44(90-51-43(69)46(38(64)30(88-51)24-85-96(75,76)77)91-50-42(68)45(81-10)37(63)29(87-50)23-84-95(72,73)74)41(67)48(92-49-40(66)36(62)28(60)21-82-49)53(86-25)93-47-39(65)31(94-97(78,79)80)22-83-52(47)89-35-16-18-56(6)26-13-19-58(8)33(59(9,71)34(61)15-17-54(2,3)70)14-20-57(58,7)27(26)11-12-32(56)55(35,4)5/h11,15,17,25-26,28-33,35-53,60,62-71H,12-14,16,18-24H2,1-10H3,(H,72,73,74)(H,75,76,77)(H,78,79,80)/b17-15+/t25-,26-,28-,29-,30-,31-,32+,33+,35+,36+,37-,38-,39+,40-,41+,42-,43-,44-,45+,46+,47-,48-,49+,50-,51+,52+,53+,56-,57+,58-,59-/m1/s1.